The molecule has 0 heterocycles. The zero-order valence-electron chi connectivity index (χ0n) is 11.1. The predicted molar refractivity (Wildman–Crippen MR) is 80.7 cm³/mol. The third-order valence-corrected chi connectivity index (χ3v) is 2.69. The first-order valence-corrected chi connectivity index (χ1v) is 6.36. The van der Waals surface area contributed by atoms with Crippen molar-refractivity contribution in [2.45, 2.75) is 46.5 Å². The van der Waals surface area contributed by atoms with E-state index in [-0.39, 0.29) is 54.8 Å². The molecule has 1 atom stereocenters. The Balaban J connectivity index is 0. The van der Waals surface area contributed by atoms with Gasteiger partial charge in [-0.15, -0.1) is 0 Å². The maximum atomic E-state index is 10.4. The number of aliphatic carboxylic acids is 1. The van der Waals surface area contributed by atoms with Crippen molar-refractivity contribution in [2.75, 3.05) is 0 Å². The summed E-state index contributed by atoms with van der Waals surface area (Å²) in [4.78, 5) is 10.4. The fourth-order valence-corrected chi connectivity index (χ4v) is 1.49. The van der Waals surface area contributed by atoms with Crippen LogP contribution in [0.1, 0.15) is 45.1 Å². The topological polar surface area (TPSA) is 37.3 Å². The third kappa shape index (κ3) is 11.4. The number of carbonyl (C=O) groups is 1. The SMILES string of the molecule is CCCCC(CC)C(=O)O.Cc1ccccc1.[BaH2]. The molecule has 100 valence electrons. The Labute approximate surface area is 151 Å². The van der Waals surface area contributed by atoms with Crippen molar-refractivity contribution in [1.82, 2.24) is 0 Å². The summed E-state index contributed by atoms with van der Waals surface area (Å²) in [6.45, 7) is 6.09. The van der Waals surface area contributed by atoms with Gasteiger partial charge in [0.2, 0.25) is 0 Å². The molecule has 1 aromatic rings. The molecule has 0 aliphatic rings. The van der Waals surface area contributed by atoms with Crippen LogP contribution in [-0.2, 0) is 4.79 Å². The predicted octanol–water partition coefficient (Wildman–Crippen LogP) is 3.37. The van der Waals surface area contributed by atoms with Crippen molar-refractivity contribution in [3.05, 3.63) is 35.9 Å². The van der Waals surface area contributed by atoms with Crippen molar-refractivity contribution in [2.24, 2.45) is 5.92 Å². The van der Waals surface area contributed by atoms with Gasteiger partial charge < -0.3 is 5.11 Å². The minimum atomic E-state index is -0.643. The standard InChI is InChI=1S/C8H16O2.C7H8.Ba.2H/c1-3-5-6-7(4-2)8(9)10;1-7-5-3-2-4-6-7;;;/h7H,3-6H2,1-2H3,(H,9,10);2-6H,1H3;;;. The molecule has 0 fully saturated rings. The quantitative estimate of drug-likeness (QED) is 0.801. The Morgan fingerprint density at radius 1 is 1.22 bits per heavy atom. The molecule has 0 bridgehead atoms. The molecule has 0 amide bonds. The Morgan fingerprint density at radius 2 is 1.78 bits per heavy atom. The Kier molecular flexibility index (Phi) is 15.6. The van der Waals surface area contributed by atoms with Crippen molar-refractivity contribution < 1.29 is 9.90 Å². The second-order valence-electron chi connectivity index (χ2n) is 4.24. The first-order chi connectivity index (χ1) is 8.11. The van der Waals surface area contributed by atoms with Crippen LogP contribution in [0.5, 0.6) is 0 Å². The normalized spacial score (nSPS) is 10.6. The van der Waals surface area contributed by atoms with Crippen LogP contribution >= 0.6 is 0 Å². The summed E-state index contributed by atoms with van der Waals surface area (Å²) in [7, 11) is 0. The molecular weight excluding hydrogens is 349 g/mol. The van der Waals surface area contributed by atoms with E-state index in [2.05, 4.69) is 26.0 Å². The summed E-state index contributed by atoms with van der Waals surface area (Å²) in [6.07, 6.45) is 3.71. The van der Waals surface area contributed by atoms with Gasteiger partial charge in [0.1, 0.15) is 0 Å². The summed E-state index contributed by atoms with van der Waals surface area (Å²) >= 11 is 0. The fourth-order valence-electron chi connectivity index (χ4n) is 1.49. The van der Waals surface area contributed by atoms with E-state index in [0.29, 0.717) is 0 Å². The molecule has 3 heteroatoms. The van der Waals surface area contributed by atoms with Gasteiger partial charge in [0.05, 0.1) is 5.92 Å². The fraction of sp³-hybridized carbons (Fsp3) is 0.533. The average molecular weight is 376 g/mol. The summed E-state index contributed by atoms with van der Waals surface area (Å²) in [5.74, 6) is -0.754. The third-order valence-electron chi connectivity index (χ3n) is 2.69. The van der Waals surface area contributed by atoms with Gasteiger partial charge in [0, 0.05) is 0 Å². The number of unbranched alkanes of at least 4 members (excludes halogenated alkanes) is 1. The molecule has 0 saturated heterocycles. The van der Waals surface area contributed by atoms with E-state index in [9.17, 15) is 4.79 Å². The number of rotatable bonds is 5. The molecule has 0 spiro atoms. The van der Waals surface area contributed by atoms with Crippen molar-refractivity contribution in [1.29, 1.82) is 0 Å². The van der Waals surface area contributed by atoms with Gasteiger partial charge in [-0.3, -0.25) is 4.79 Å². The van der Waals surface area contributed by atoms with Crippen molar-refractivity contribution in [3.8, 4) is 0 Å². The maximum absolute atomic E-state index is 10.4. The number of benzene rings is 1. The molecule has 1 N–H and O–H groups in total. The van der Waals surface area contributed by atoms with Gasteiger partial charge in [-0.2, -0.15) is 0 Å². The van der Waals surface area contributed by atoms with Crippen LogP contribution in [0.4, 0.5) is 0 Å². The van der Waals surface area contributed by atoms with Crippen LogP contribution in [0.2, 0.25) is 0 Å². The molecule has 0 aliphatic heterocycles. The summed E-state index contributed by atoms with van der Waals surface area (Å²) in [5, 5.41) is 8.60. The van der Waals surface area contributed by atoms with Gasteiger partial charge in [0.25, 0.3) is 0 Å². The summed E-state index contributed by atoms with van der Waals surface area (Å²) in [5.41, 5.74) is 1.32. The molecule has 0 aliphatic carbocycles. The number of aryl methyl sites for hydroxylation is 1. The second kappa shape index (κ2) is 13.7. The Hall–Kier alpha value is 0.261. The van der Waals surface area contributed by atoms with Gasteiger partial charge in [0.15, 0.2) is 0 Å². The molecule has 1 aromatic carbocycles. The number of carboxylic acid groups (broad SMARTS) is 1. The van der Waals surface area contributed by atoms with E-state index < -0.39 is 5.97 Å². The molecule has 1 rings (SSSR count). The van der Waals surface area contributed by atoms with Gasteiger partial charge >= 0.3 is 54.9 Å². The summed E-state index contributed by atoms with van der Waals surface area (Å²) in [6, 6.07) is 10.3. The molecule has 18 heavy (non-hydrogen) atoms. The zero-order valence-corrected chi connectivity index (χ0v) is 11.1. The average Bonchev–Trinajstić information content (AvgIpc) is 2.31. The Bertz CT molecular complexity index is 299. The van der Waals surface area contributed by atoms with Crippen LogP contribution in [0.25, 0.3) is 0 Å². The molecule has 2 nitrogen and oxygen atoms in total. The zero-order chi connectivity index (χ0) is 13.1. The van der Waals surface area contributed by atoms with E-state index >= 15 is 0 Å². The van der Waals surface area contributed by atoms with Crippen LogP contribution in [-0.4, -0.2) is 60.0 Å². The van der Waals surface area contributed by atoms with E-state index in [0.717, 1.165) is 25.7 Å². The molecule has 1 unspecified atom stereocenters. The van der Waals surface area contributed by atoms with Gasteiger partial charge in [-0.05, 0) is 19.8 Å². The monoisotopic (exact) mass is 376 g/mol. The van der Waals surface area contributed by atoms with E-state index in [4.69, 9.17) is 5.11 Å². The van der Waals surface area contributed by atoms with E-state index in [1.54, 1.807) is 0 Å². The van der Waals surface area contributed by atoms with Crippen molar-refractivity contribution >= 4 is 54.9 Å². The molecule has 0 aromatic heterocycles. The number of carboxylic acids is 1. The molecular formula is C15H26BaO2. The summed E-state index contributed by atoms with van der Waals surface area (Å²) < 4.78 is 0. The van der Waals surface area contributed by atoms with Crippen LogP contribution in [0.15, 0.2) is 30.3 Å². The molecule has 0 radical (unpaired) electrons. The number of hydrogen-bond acceptors (Lipinski definition) is 1. The van der Waals surface area contributed by atoms with Gasteiger partial charge in [-0.1, -0.05) is 62.6 Å². The Morgan fingerprint density at radius 3 is 2.06 bits per heavy atom. The first-order valence-electron chi connectivity index (χ1n) is 6.36. The van der Waals surface area contributed by atoms with Crippen molar-refractivity contribution in [3.63, 3.8) is 0 Å². The van der Waals surface area contributed by atoms with E-state index in [1.807, 2.05) is 25.1 Å². The van der Waals surface area contributed by atoms with Gasteiger partial charge in [-0.25, -0.2) is 0 Å². The minimum absolute atomic E-state index is 0. The second-order valence-corrected chi connectivity index (χ2v) is 4.24. The van der Waals surface area contributed by atoms with E-state index in [1.165, 1.54) is 5.56 Å². The first kappa shape index (κ1) is 20.6. The number of hydrogen-bond donors (Lipinski definition) is 1. The van der Waals surface area contributed by atoms with Crippen LogP contribution in [0, 0.1) is 12.8 Å². The van der Waals surface area contributed by atoms with Crippen LogP contribution in [0.3, 0.4) is 0 Å². The molecule has 0 saturated carbocycles. The van der Waals surface area contributed by atoms with Crippen LogP contribution < -0.4 is 0 Å².